The van der Waals surface area contributed by atoms with Crippen LogP contribution in [0, 0.1) is 0 Å². The molecule has 0 heterocycles. The van der Waals surface area contributed by atoms with Gasteiger partial charge in [-0.2, -0.15) is 5.10 Å². The van der Waals surface area contributed by atoms with Crippen LogP contribution in [0.1, 0.15) is 18.1 Å². The Morgan fingerprint density at radius 3 is 2.50 bits per heavy atom. The average molecular weight is 455 g/mol. The zero-order valence-corrected chi connectivity index (χ0v) is 18.9. The molecular formula is C28H26N2O4. The number of nitrogens with zero attached hydrogens (tertiary/aromatic N) is 1. The third kappa shape index (κ3) is 6.13. The number of para-hydroxylation sites is 1. The van der Waals surface area contributed by atoms with Crippen molar-refractivity contribution >= 4 is 22.9 Å². The van der Waals surface area contributed by atoms with Crippen molar-refractivity contribution in [2.75, 3.05) is 13.2 Å². The van der Waals surface area contributed by atoms with E-state index in [2.05, 4.69) is 34.8 Å². The molecule has 0 spiro atoms. The molecule has 0 saturated heterocycles. The zero-order valence-electron chi connectivity index (χ0n) is 18.9. The summed E-state index contributed by atoms with van der Waals surface area (Å²) in [6.07, 6.45) is 1.55. The lowest BCUT2D eigenvalue weighted by atomic mass is 10.1. The van der Waals surface area contributed by atoms with Crippen molar-refractivity contribution in [3.05, 3.63) is 102 Å². The van der Waals surface area contributed by atoms with Crippen LogP contribution in [0.25, 0.3) is 10.8 Å². The maximum Gasteiger partial charge on any atom is 0.277 e. The van der Waals surface area contributed by atoms with Crippen LogP contribution < -0.4 is 19.6 Å². The third-order valence-electron chi connectivity index (χ3n) is 5.05. The minimum atomic E-state index is -0.347. The summed E-state index contributed by atoms with van der Waals surface area (Å²) in [6, 6.07) is 29.1. The number of ether oxygens (including phenoxy) is 3. The minimum absolute atomic E-state index is 0.119. The monoisotopic (exact) mass is 454 g/mol. The molecule has 4 rings (SSSR count). The van der Waals surface area contributed by atoms with Crippen LogP contribution in [0.15, 0.2) is 96.1 Å². The summed E-state index contributed by atoms with van der Waals surface area (Å²) < 4.78 is 17.3. The first-order chi connectivity index (χ1) is 16.7. The van der Waals surface area contributed by atoms with Crippen LogP contribution in [0.5, 0.6) is 17.2 Å². The summed E-state index contributed by atoms with van der Waals surface area (Å²) in [5, 5.41) is 6.35. The van der Waals surface area contributed by atoms with Gasteiger partial charge in [0.1, 0.15) is 12.4 Å². The van der Waals surface area contributed by atoms with Crippen molar-refractivity contribution < 1.29 is 19.0 Å². The highest BCUT2D eigenvalue weighted by atomic mass is 16.5. The summed E-state index contributed by atoms with van der Waals surface area (Å²) in [4.78, 5) is 11.9. The highest BCUT2D eigenvalue weighted by Gasteiger charge is 2.08. The van der Waals surface area contributed by atoms with E-state index in [0.29, 0.717) is 30.5 Å². The van der Waals surface area contributed by atoms with Crippen LogP contribution in [-0.2, 0) is 11.4 Å². The largest absolute Gasteiger partial charge is 0.490 e. The van der Waals surface area contributed by atoms with Gasteiger partial charge >= 0.3 is 0 Å². The van der Waals surface area contributed by atoms with Crippen molar-refractivity contribution in [2.45, 2.75) is 13.5 Å². The number of carbonyl (C=O) groups is 1. The Balaban J connectivity index is 1.37. The third-order valence-corrected chi connectivity index (χ3v) is 5.05. The van der Waals surface area contributed by atoms with Gasteiger partial charge in [0, 0.05) is 0 Å². The first-order valence-electron chi connectivity index (χ1n) is 11.1. The first-order valence-corrected chi connectivity index (χ1v) is 11.1. The normalized spacial score (nSPS) is 10.9. The highest BCUT2D eigenvalue weighted by Crippen LogP contribution is 2.30. The Morgan fingerprint density at radius 2 is 1.65 bits per heavy atom. The summed E-state index contributed by atoms with van der Waals surface area (Å²) in [5.41, 5.74) is 4.34. The molecule has 172 valence electrons. The molecule has 0 atom stereocenters. The zero-order chi connectivity index (χ0) is 23.6. The van der Waals surface area contributed by atoms with Crippen molar-refractivity contribution in [3.63, 3.8) is 0 Å². The van der Waals surface area contributed by atoms with E-state index in [4.69, 9.17) is 14.2 Å². The number of hydrazone groups is 1. The molecule has 6 nitrogen and oxygen atoms in total. The number of hydrogen-bond acceptors (Lipinski definition) is 5. The van der Waals surface area contributed by atoms with Gasteiger partial charge in [0.2, 0.25) is 0 Å². The molecule has 6 heteroatoms. The number of carbonyl (C=O) groups excluding carboxylic acids is 1. The standard InChI is InChI=1S/C28H26N2O4/c1-2-32-27-17-21(18-29-30-28(31)20-33-24-12-4-3-5-13-24)15-16-26(27)34-19-23-11-8-10-22-9-6-7-14-25(22)23/h3-18H,2,19-20H2,1H3,(H,30,31)/b29-18-. The number of fused-ring (bicyclic) bond motifs is 1. The van der Waals surface area contributed by atoms with Gasteiger partial charge in [0.15, 0.2) is 18.1 Å². The van der Waals surface area contributed by atoms with Gasteiger partial charge in [0.05, 0.1) is 12.8 Å². The van der Waals surface area contributed by atoms with E-state index in [9.17, 15) is 4.79 Å². The predicted molar refractivity (Wildman–Crippen MR) is 134 cm³/mol. The van der Waals surface area contributed by atoms with Gasteiger partial charge < -0.3 is 14.2 Å². The maximum atomic E-state index is 11.9. The summed E-state index contributed by atoms with van der Waals surface area (Å²) in [7, 11) is 0. The van der Waals surface area contributed by atoms with Gasteiger partial charge in [-0.05, 0) is 59.2 Å². The Labute approximate surface area is 198 Å². The number of amides is 1. The van der Waals surface area contributed by atoms with E-state index in [-0.39, 0.29) is 12.5 Å². The van der Waals surface area contributed by atoms with E-state index in [1.807, 2.05) is 61.5 Å². The van der Waals surface area contributed by atoms with E-state index in [1.54, 1.807) is 18.3 Å². The molecule has 0 fully saturated rings. The van der Waals surface area contributed by atoms with Crippen LogP contribution in [0.3, 0.4) is 0 Å². The molecule has 0 bridgehead atoms. The van der Waals surface area contributed by atoms with Gasteiger partial charge in [-0.25, -0.2) is 5.43 Å². The van der Waals surface area contributed by atoms with Crippen molar-refractivity contribution in [1.29, 1.82) is 0 Å². The number of rotatable bonds is 10. The second-order valence-electron chi connectivity index (χ2n) is 7.46. The van der Waals surface area contributed by atoms with E-state index >= 15 is 0 Å². The SMILES string of the molecule is CCOc1cc(/C=N\NC(=O)COc2ccccc2)ccc1OCc1cccc2ccccc12. The number of nitrogens with one attached hydrogen (secondary N) is 1. The topological polar surface area (TPSA) is 69.2 Å². The van der Waals surface area contributed by atoms with E-state index in [0.717, 1.165) is 11.1 Å². The van der Waals surface area contributed by atoms with Gasteiger partial charge in [-0.1, -0.05) is 60.7 Å². The Hall–Kier alpha value is -4.32. The Morgan fingerprint density at radius 1 is 0.853 bits per heavy atom. The molecule has 34 heavy (non-hydrogen) atoms. The van der Waals surface area contributed by atoms with Crippen LogP contribution in [0.4, 0.5) is 0 Å². The van der Waals surface area contributed by atoms with Crippen LogP contribution >= 0.6 is 0 Å². The quantitative estimate of drug-likeness (QED) is 0.259. The van der Waals surface area contributed by atoms with Crippen LogP contribution in [0.2, 0.25) is 0 Å². The predicted octanol–water partition coefficient (Wildman–Crippen LogP) is 5.35. The van der Waals surface area contributed by atoms with E-state index < -0.39 is 0 Å². The molecule has 0 unspecified atom stereocenters. The molecule has 1 N–H and O–H groups in total. The molecule has 0 aliphatic carbocycles. The molecular weight excluding hydrogens is 428 g/mol. The molecule has 4 aromatic rings. The summed E-state index contributed by atoms with van der Waals surface area (Å²) in [5.74, 6) is 1.54. The molecule has 0 saturated carbocycles. The molecule has 0 aliphatic rings. The van der Waals surface area contributed by atoms with Crippen molar-refractivity contribution in [3.8, 4) is 17.2 Å². The number of hydrogen-bond donors (Lipinski definition) is 1. The summed E-state index contributed by atoms with van der Waals surface area (Å²) in [6.45, 7) is 2.72. The second-order valence-corrected chi connectivity index (χ2v) is 7.46. The van der Waals surface area contributed by atoms with Crippen LogP contribution in [-0.4, -0.2) is 25.3 Å². The van der Waals surface area contributed by atoms with Gasteiger partial charge in [0.25, 0.3) is 5.91 Å². The smallest absolute Gasteiger partial charge is 0.277 e. The van der Waals surface area contributed by atoms with Gasteiger partial charge in [-0.15, -0.1) is 0 Å². The fraction of sp³-hybridized carbons (Fsp3) is 0.143. The molecule has 4 aromatic carbocycles. The molecule has 0 aromatic heterocycles. The lowest BCUT2D eigenvalue weighted by Gasteiger charge is -2.13. The lowest BCUT2D eigenvalue weighted by Crippen LogP contribution is -2.24. The van der Waals surface area contributed by atoms with Crippen molar-refractivity contribution in [2.24, 2.45) is 5.10 Å². The number of benzene rings is 4. The lowest BCUT2D eigenvalue weighted by molar-refractivity contribution is -0.123. The molecule has 1 amide bonds. The summed E-state index contributed by atoms with van der Waals surface area (Å²) >= 11 is 0. The maximum absolute atomic E-state index is 11.9. The van der Waals surface area contributed by atoms with Gasteiger partial charge in [-0.3, -0.25) is 4.79 Å². The minimum Gasteiger partial charge on any atom is -0.490 e. The Kier molecular flexibility index (Phi) is 7.74. The fourth-order valence-electron chi connectivity index (χ4n) is 3.44. The average Bonchev–Trinajstić information content (AvgIpc) is 2.88. The molecule has 0 radical (unpaired) electrons. The highest BCUT2D eigenvalue weighted by molar-refractivity contribution is 5.86. The Bertz CT molecular complexity index is 1270. The molecule has 0 aliphatic heterocycles. The fourth-order valence-corrected chi connectivity index (χ4v) is 3.44. The second kappa shape index (κ2) is 11.5. The van der Waals surface area contributed by atoms with E-state index in [1.165, 1.54) is 10.8 Å². The van der Waals surface area contributed by atoms with Crippen molar-refractivity contribution in [1.82, 2.24) is 5.43 Å². The first kappa shape index (κ1) is 22.9.